The Labute approximate surface area is 122 Å². The fraction of sp³-hybridized carbons (Fsp3) is 0.857. The van der Waals surface area contributed by atoms with Gasteiger partial charge in [0.25, 0.3) is 0 Å². The summed E-state index contributed by atoms with van der Waals surface area (Å²) < 4.78 is 0. The van der Waals surface area contributed by atoms with Crippen molar-refractivity contribution in [1.82, 2.24) is 20.0 Å². The van der Waals surface area contributed by atoms with Gasteiger partial charge >= 0.3 is 0 Å². The molecule has 2 amide bonds. The van der Waals surface area contributed by atoms with Crippen molar-refractivity contribution < 1.29 is 9.59 Å². The largest absolute Gasteiger partial charge is 0.356 e. The lowest BCUT2D eigenvalue weighted by Gasteiger charge is -2.34. The van der Waals surface area contributed by atoms with Gasteiger partial charge in [0.15, 0.2) is 0 Å². The number of piperazine rings is 1. The molecule has 1 aliphatic heterocycles. The molecule has 6 nitrogen and oxygen atoms in total. The Morgan fingerprint density at radius 1 is 1.15 bits per heavy atom. The van der Waals surface area contributed by atoms with Crippen LogP contribution in [0.4, 0.5) is 0 Å². The summed E-state index contributed by atoms with van der Waals surface area (Å²) in [6, 6.07) is 0. The van der Waals surface area contributed by atoms with Crippen molar-refractivity contribution >= 4 is 11.8 Å². The predicted molar refractivity (Wildman–Crippen MR) is 79.5 cm³/mol. The maximum Gasteiger partial charge on any atom is 0.232 e. The van der Waals surface area contributed by atoms with Crippen molar-refractivity contribution in [3.63, 3.8) is 0 Å². The zero-order valence-corrected chi connectivity index (χ0v) is 13.0. The van der Waals surface area contributed by atoms with E-state index in [9.17, 15) is 9.59 Å². The van der Waals surface area contributed by atoms with E-state index in [1.54, 1.807) is 4.90 Å². The number of likely N-dealkylation sites (N-methyl/N-ethyl adjacent to an activating group) is 1. The average molecular weight is 284 g/mol. The van der Waals surface area contributed by atoms with Crippen LogP contribution in [0.2, 0.25) is 0 Å². The molecule has 1 rings (SSSR count). The van der Waals surface area contributed by atoms with Gasteiger partial charge in [-0.25, -0.2) is 0 Å². The van der Waals surface area contributed by atoms with Crippen LogP contribution in [-0.2, 0) is 9.59 Å². The molecule has 1 saturated heterocycles. The van der Waals surface area contributed by atoms with E-state index in [2.05, 4.69) is 22.0 Å². The second-order valence-corrected chi connectivity index (χ2v) is 5.50. The Morgan fingerprint density at radius 3 is 2.35 bits per heavy atom. The fourth-order valence-corrected chi connectivity index (χ4v) is 2.25. The van der Waals surface area contributed by atoms with Crippen LogP contribution in [-0.4, -0.2) is 86.4 Å². The number of nitrogens with one attached hydrogen (secondary N) is 1. The first-order valence-corrected chi connectivity index (χ1v) is 7.44. The van der Waals surface area contributed by atoms with E-state index < -0.39 is 0 Å². The predicted octanol–water partition coefficient (Wildman–Crippen LogP) is -0.391. The molecule has 0 radical (unpaired) electrons. The van der Waals surface area contributed by atoms with Crippen LogP contribution in [0.25, 0.3) is 0 Å². The smallest absolute Gasteiger partial charge is 0.232 e. The lowest BCUT2D eigenvalue weighted by molar-refractivity contribution is -0.137. The number of nitrogens with zero attached hydrogens (tertiary/aromatic N) is 3. The standard InChI is InChI=1S/C14H28N4O2/c1-4-17-8-10-18(11-9-17)14(20)12-13(19)15-6-5-7-16(2)3/h4-12H2,1-3H3,(H,15,19). The molecule has 0 aromatic rings. The van der Waals surface area contributed by atoms with Gasteiger partial charge < -0.3 is 20.0 Å². The third-order valence-electron chi connectivity index (χ3n) is 3.59. The van der Waals surface area contributed by atoms with Gasteiger partial charge in [-0.05, 0) is 33.6 Å². The van der Waals surface area contributed by atoms with E-state index in [0.29, 0.717) is 6.54 Å². The van der Waals surface area contributed by atoms with Crippen LogP contribution in [0.3, 0.4) is 0 Å². The summed E-state index contributed by atoms with van der Waals surface area (Å²) in [6.45, 7) is 8.01. The van der Waals surface area contributed by atoms with Crippen molar-refractivity contribution in [2.24, 2.45) is 0 Å². The quantitative estimate of drug-likeness (QED) is 0.511. The molecule has 0 unspecified atom stereocenters. The molecule has 0 spiro atoms. The average Bonchev–Trinajstić information content (AvgIpc) is 2.43. The highest BCUT2D eigenvalue weighted by molar-refractivity contribution is 5.96. The highest BCUT2D eigenvalue weighted by atomic mass is 16.2. The maximum atomic E-state index is 12.0. The van der Waals surface area contributed by atoms with E-state index >= 15 is 0 Å². The summed E-state index contributed by atoms with van der Waals surface area (Å²) in [6.07, 6.45) is 0.885. The number of rotatable bonds is 7. The molecular weight excluding hydrogens is 256 g/mol. The molecule has 116 valence electrons. The Hall–Kier alpha value is -1.14. The van der Waals surface area contributed by atoms with Crippen molar-refractivity contribution in [2.45, 2.75) is 19.8 Å². The Balaban J connectivity index is 2.16. The summed E-state index contributed by atoms with van der Waals surface area (Å²) in [7, 11) is 4.00. The third kappa shape index (κ3) is 6.34. The summed E-state index contributed by atoms with van der Waals surface area (Å²) in [5.41, 5.74) is 0. The van der Waals surface area contributed by atoms with Crippen LogP contribution in [0.15, 0.2) is 0 Å². The SMILES string of the molecule is CCN1CCN(C(=O)CC(=O)NCCCN(C)C)CC1. The van der Waals surface area contributed by atoms with Gasteiger partial charge in [0.2, 0.25) is 11.8 Å². The van der Waals surface area contributed by atoms with E-state index in [1.165, 1.54) is 0 Å². The zero-order chi connectivity index (χ0) is 15.0. The first-order chi connectivity index (χ1) is 9.52. The van der Waals surface area contributed by atoms with Gasteiger partial charge in [0.05, 0.1) is 0 Å². The number of amides is 2. The first-order valence-electron chi connectivity index (χ1n) is 7.44. The fourth-order valence-electron chi connectivity index (χ4n) is 2.25. The van der Waals surface area contributed by atoms with E-state index in [-0.39, 0.29) is 18.2 Å². The number of carbonyl (C=O) groups is 2. The normalized spacial score (nSPS) is 16.5. The Kier molecular flexibility index (Phi) is 7.54. The van der Waals surface area contributed by atoms with Gasteiger partial charge in [-0.15, -0.1) is 0 Å². The molecule has 1 heterocycles. The molecule has 0 atom stereocenters. The van der Waals surface area contributed by atoms with Crippen LogP contribution in [0.1, 0.15) is 19.8 Å². The third-order valence-corrected chi connectivity index (χ3v) is 3.59. The lowest BCUT2D eigenvalue weighted by atomic mass is 10.2. The monoisotopic (exact) mass is 284 g/mol. The van der Waals surface area contributed by atoms with E-state index in [1.807, 2.05) is 14.1 Å². The molecule has 1 N–H and O–H groups in total. The van der Waals surface area contributed by atoms with Gasteiger partial charge in [-0.3, -0.25) is 9.59 Å². The van der Waals surface area contributed by atoms with Crippen LogP contribution < -0.4 is 5.32 Å². The van der Waals surface area contributed by atoms with Crippen LogP contribution in [0.5, 0.6) is 0 Å². The van der Waals surface area contributed by atoms with Gasteiger partial charge in [-0.1, -0.05) is 6.92 Å². The minimum Gasteiger partial charge on any atom is -0.356 e. The number of hydrogen-bond donors (Lipinski definition) is 1. The highest BCUT2D eigenvalue weighted by Crippen LogP contribution is 2.03. The van der Waals surface area contributed by atoms with Gasteiger partial charge in [0, 0.05) is 32.7 Å². The van der Waals surface area contributed by atoms with E-state index in [4.69, 9.17) is 0 Å². The Bertz CT molecular complexity index is 312. The molecule has 6 heteroatoms. The zero-order valence-electron chi connectivity index (χ0n) is 13.0. The summed E-state index contributed by atoms with van der Waals surface area (Å²) >= 11 is 0. The molecule has 0 bridgehead atoms. The molecular formula is C14H28N4O2. The maximum absolute atomic E-state index is 12.0. The number of hydrogen-bond acceptors (Lipinski definition) is 4. The molecule has 0 saturated carbocycles. The van der Waals surface area contributed by atoms with Gasteiger partial charge in [-0.2, -0.15) is 0 Å². The second-order valence-electron chi connectivity index (χ2n) is 5.50. The summed E-state index contributed by atoms with van der Waals surface area (Å²) in [4.78, 5) is 29.8. The second kappa shape index (κ2) is 8.92. The van der Waals surface area contributed by atoms with E-state index in [0.717, 1.165) is 45.7 Å². The summed E-state index contributed by atoms with van der Waals surface area (Å²) in [5.74, 6) is -0.211. The van der Waals surface area contributed by atoms with Crippen LogP contribution in [0, 0.1) is 0 Å². The highest BCUT2D eigenvalue weighted by Gasteiger charge is 2.21. The lowest BCUT2D eigenvalue weighted by Crippen LogP contribution is -2.49. The molecule has 0 aliphatic carbocycles. The summed E-state index contributed by atoms with van der Waals surface area (Å²) in [5, 5.41) is 2.80. The molecule has 0 aromatic heterocycles. The Morgan fingerprint density at radius 2 is 1.80 bits per heavy atom. The van der Waals surface area contributed by atoms with Crippen molar-refractivity contribution in [1.29, 1.82) is 0 Å². The minimum absolute atomic E-state index is 0.0198. The first kappa shape index (κ1) is 16.9. The van der Waals surface area contributed by atoms with Crippen LogP contribution >= 0.6 is 0 Å². The van der Waals surface area contributed by atoms with Crippen molar-refractivity contribution in [3.05, 3.63) is 0 Å². The van der Waals surface area contributed by atoms with Crippen molar-refractivity contribution in [3.8, 4) is 0 Å². The minimum atomic E-state index is -0.160. The molecule has 0 aromatic carbocycles. The topological polar surface area (TPSA) is 55.9 Å². The van der Waals surface area contributed by atoms with Crippen molar-refractivity contribution in [2.75, 3.05) is 59.9 Å². The molecule has 20 heavy (non-hydrogen) atoms. The van der Waals surface area contributed by atoms with Gasteiger partial charge in [0.1, 0.15) is 6.42 Å². The molecule has 1 fully saturated rings. The molecule has 1 aliphatic rings. The number of carbonyl (C=O) groups excluding carboxylic acids is 2.